The first-order valence-corrected chi connectivity index (χ1v) is 9.85. The Balaban J connectivity index is 2.22. The van der Waals surface area contributed by atoms with Crippen molar-refractivity contribution in [2.24, 2.45) is 0 Å². The fourth-order valence-corrected chi connectivity index (χ4v) is 3.85. The van der Waals surface area contributed by atoms with Crippen molar-refractivity contribution in [3.8, 4) is 0 Å². The lowest BCUT2D eigenvalue weighted by atomic mass is 10.1. The first-order chi connectivity index (χ1) is 10.7. The Morgan fingerprint density at radius 1 is 1.17 bits per heavy atom. The van der Waals surface area contributed by atoms with E-state index in [1.807, 2.05) is 26.0 Å². The molecule has 1 aromatic carbocycles. The summed E-state index contributed by atoms with van der Waals surface area (Å²) >= 11 is 0. The Morgan fingerprint density at radius 2 is 1.78 bits per heavy atom. The molecule has 2 rings (SSSR count). The van der Waals surface area contributed by atoms with Gasteiger partial charge in [0.15, 0.2) is 0 Å². The largest absolute Gasteiger partial charge is 0.341 e. The van der Waals surface area contributed by atoms with Gasteiger partial charge in [-0.2, -0.15) is 0 Å². The van der Waals surface area contributed by atoms with Crippen molar-refractivity contribution in [1.29, 1.82) is 0 Å². The smallest absolute Gasteiger partial charge is 0.243 e. The molecule has 0 N–H and O–H groups in total. The zero-order chi connectivity index (χ0) is 17.2. The third kappa shape index (κ3) is 4.25. The minimum absolute atomic E-state index is 0.145. The second-order valence-corrected chi connectivity index (χ2v) is 8.39. The fraction of sp³-hybridized carbons (Fsp3) is 0.588. The van der Waals surface area contributed by atoms with Gasteiger partial charge in [0, 0.05) is 13.1 Å². The third-order valence-corrected chi connectivity index (χ3v) is 5.86. The summed E-state index contributed by atoms with van der Waals surface area (Å²) in [4.78, 5) is 14.2. The standard InChI is InChI=1S/C17H26N2O3S/c1-13-9-10-16(11-14(13)2)19(23(4,21)22)12-17(20)18(3)15-7-5-6-8-15/h9-11,15H,5-8,12H2,1-4H3. The summed E-state index contributed by atoms with van der Waals surface area (Å²) < 4.78 is 25.5. The molecule has 0 aromatic heterocycles. The van der Waals surface area contributed by atoms with Crippen molar-refractivity contribution in [3.63, 3.8) is 0 Å². The molecule has 1 aromatic rings. The van der Waals surface area contributed by atoms with E-state index in [-0.39, 0.29) is 18.5 Å². The van der Waals surface area contributed by atoms with Crippen molar-refractivity contribution >= 4 is 21.6 Å². The summed E-state index contributed by atoms with van der Waals surface area (Å²) in [6.07, 6.45) is 5.42. The van der Waals surface area contributed by atoms with E-state index in [9.17, 15) is 13.2 Å². The fourth-order valence-electron chi connectivity index (χ4n) is 3.01. The molecule has 1 amide bonds. The van der Waals surface area contributed by atoms with Gasteiger partial charge in [-0.15, -0.1) is 0 Å². The lowest BCUT2D eigenvalue weighted by Gasteiger charge is -2.28. The molecular weight excluding hydrogens is 312 g/mol. The van der Waals surface area contributed by atoms with Crippen LogP contribution in [0.4, 0.5) is 5.69 Å². The van der Waals surface area contributed by atoms with Crippen LogP contribution >= 0.6 is 0 Å². The quantitative estimate of drug-likeness (QED) is 0.829. The van der Waals surface area contributed by atoms with Crippen molar-refractivity contribution < 1.29 is 13.2 Å². The molecule has 5 nitrogen and oxygen atoms in total. The van der Waals surface area contributed by atoms with E-state index in [1.165, 1.54) is 4.31 Å². The summed E-state index contributed by atoms with van der Waals surface area (Å²) in [7, 11) is -1.74. The van der Waals surface area contributed by atoms with Crippen LogP contribution in [0.3, 0.4) is 0 Å². The van der Waals surface area contributed by atoms with Gasteiger partial charge in [0.2, 0.25) is 15.9 Å². The lowest BCUT2D eigenvalue weighted by molar-refractivity contribution is -0.130. The molecule has 0 atom stereocenters. The number of nitrogens with zero attached hydrogens (tertiary/aromatic N) is 2. The summed E-state index contributed by atoms with van der Waals surface area (Å²) in [5, 5.41) is 0. The lowest BCUT2D eigenvalue weighted by Crippen LogP contribution is -2.44. The average molecular weight is 338 g/mol. The number of carbonyl (C=O) groups excluding carboxylic acids is 1. The Kier molecular flexibility index (Phi) is 5.34. The predicted molar refractivity (Wildman–Crippen MR) is 93.1 cm³/mol. The van der Waals surface area contributed by atoms with E-state index in [0.717, 1.165) is 43.1 Å². The number of anilines is 1. The minimum Gasteiger partial charge on any atom is -0.341 e. The zero-order valence-electron chi connectivity index (χ0n) is 14.4. The number of hydrogen-bond donors (Lipinski definition) is 0. The van der Waals surface area contributed by atoms with E-state index in [0.29, 0.717) is 5.69 Å². The molecule has 0 radical (unpaired) electrons. The van der Waals surface area contributed by atoms with Crippen LogP contribution in [-0.2, 0) is 14.8 Å². The Morgan fingerprint density at radius 3 is 2.30 bits per heavy atom. The van der Waals surface area contributed by atoms with Crippen molar-refractivity contribution in [2.45, 2.75) is 45.6 Å². The Hall–Kier alpha value is -1.56. The number of aryl methyl sites for hydroxylation is 2. The number of rotatable bonds is 5. The number of likely N-dealkylation sites (N-methyl/N-ethyl adjacent to an activating group) is 1. The highest BCUT2D eigenvalue weighted by Gasteiger charge is 2.27. The first kappa shape index (κ1) is 17.8. The first-order valence-electron chi connectivity index (χ1n) is 8.01. The zero-order valence-corrected chi connectivity index (χ0v) is 15.2. The van der Waals surface area contributed by atoms with Crippen LogP contribution in [0.5, 0.6) is 0 Å². The summed E-state index contributed by atoms with van der Waals surface area (Å²) in [5.74, 6) is -0.152. The van der Waals surface area contributed by atoms with E-state index in [2.05, 4.69) is 0 Å². The second kappa shape index (κ2) is 6.91. The maximum atomic E-state index is 12.5. The molecule has 0 bridgehead atoms. The topological polar surface area (TPSA) is 57.7 Å². The molecule has 1 saturated carbocycles. The van der Waals surface area contributed by atoms with Crippen LogP contribution in [-0.4, -0.2) is 45.1 Å². The van der Waals surface area contributed by atoms with Gasteiger partial charge in [-0.05, 0) is 49.9 Å². The average Bonchev–Trinajstić information content (AvgIpc) is 2.99. The van der Waals surface area contributed by atoms with Crippen LogP contribution in [0.2, 0.25) is 0 Å². The highest BCUT2D eigenvalue weighted by Crippen LogP contribution is 2.24. The number of amides is 1. The SMILES string of the molecule is Cc1ccc(N(CC(=O)N(C)C2CCCC2)S(C)(=O)=O)cc1C. The van der Waals surface area contributed by atoms with Gasteiger partial charge in [0.1, 0.15) is 6.54 Å². The van der Waals surface area contributed by atoms with Crippen LogP contribution < -0.4 is 4.31 Å². The van der Waals surface area contributed by atoms with E-state index in [4.69, 9.17) is 0 Å². The second-order valence-electron chi connectivity index (χ2n) is 6.48. The molecule has 0 aliphatic heterocycles. The van der Waals surface area contributed by atoms with Crippen molar-refractivity contribution in [1.82, 2.24) is 4.90 Å². The minimum atomic E-state index is -3.51. The molecular formula is C17H26N2O3S. The van der Waals surface area contributed by atoms with E-state index < -0.39 is 10.0 Å². The van der Waals surface area contributed by atoms with Crippen LogP contribution in [0.1, 0.15) is 36.8 Å². The molecule has 1 aliphatic rings. The summed E-state index contributed by atoms with van der Waals surface area (Å²) in [6.45, 7) is 3.77. The molecule has 23 heavy (non-hydrogen) atoms. The van der Waals surface area contributed by atoms with Gasteiger partial charge in [0.05, 0.1) is 11.9 Å². The molecule has 6 heteroatoms. The molecule has 0 heterocycles. The van der Waals surface area contributed by atoms with Gasteiger partial charge in [-0.25, -0.2) is 8.42 Å². The maximum absolute atomic E-state index is 12.5. The normalized spacial score (nSPS) is 15.7. The molecule has 128 valence electrons. The Bertz CT molecular complexity index is 679. The summed E-state index contributed by atoms with van der Waals surface area (Å²) in [5.41, 5.74) is 2.65. The number of carbonyl (C=O) groups is 1. The van der Waals surface area contributed by atoms with Crippen molar-refractivity contribution in [3.05, 3.63) is 29.3 Å². The maximum Gasteiger partial charge on any atom is 0.243 e. The molecule has 1 fully saturated rings. The monoisotopic (exact) mass is 338 g/mol. The van der Waals surface area contributed by atoms with Gasteiger partial charge < -0.3 is 4.90 Å². The van der Waals surface area contributed by atoms with Crippen LogP contribution in [0, 0.1) is 13.8 Å². The van der Waals surface area contributed by atoms with Gasteiger partial charge >= 0.3 is 0 Å². The van der Waals surface area contributed by atoms with Crippen molar-refractivity contribution in [2.75, 3.05) is 24.2 Å². The molecule has 0 spiro atoms. The highest BCUT2D eigenvalue weighted by atomic mass is 32.2. The Labute approximate surface area is 139 Å². The van der Waals surface area contributed by atoms with Crippen LogP contribution in [0.25, 0.3) is 0 Å². The number of benzene rings is 1. The van der Waals surface area contributed by atoms with Gasteiger partial charge in [0.25, 0.3) is 0 Å². The van der Waals surface area contributed by atoms with Gasteiger partial charge in [-0.3, -0.25) is 9.10 Å². The predicted octanol–water partition coefficient (Wildman–Crippen LogP) is 2.47. The molecule has 0 unspecified atom stereocenters. The number of sulfonamides is 1. The summed E-state index contributed by atoms with van der Waals surface area (Å²) in [6, 6.07) is 5.70. The van der Waals surface area contributed by atoms with E-state index >= 15 is 0 Å². The number of hydrogen-bond acceptors (Lipinski definition) is 3. The van der Waals surface area contributed by atoms with E-state index in [1.54, 1.807) is 18.0 Å². The highest BCUT2D eigenvalue weighted by molar-refractivity contribution is 7.92. The molecule has 1 aliphatic carbocycles. The van der Waals surface area contributed by atoms with Crippen LogP contribution in [0.15, 0.2) is 18.2 Å². The van der Waals surface area contributed by atoms with Gasteiger partial charge in [-0.1, -0.05) is 18.9 Å². The third-order valence-electron chi connectivity index (χ3n) is 4.72. The molecule has 0 saturated heterocycles.